The maximum Gasteiger partial charge on any atom is 0.00777 e. The van der Waals surface area contributed by atoms with Gasteiger partial charge in [0.15, 0.2) is 0 Å². The van der Waals surface area contributed by atoms with E-state index in [2.05, 4.69) is 25.2 Å². The normalized spacial score (nSPS) is 23.4. The van der Waals surface area contributed by atoms with E-state index in [0.29, 0.717) is 5.92 Å². The summed E-state index contributed by atoms with van der Waals surface area (Å²) in [6.45, 7) is 2.23. The van der Waals surface area contributed by atoms with Gasteiger partial charge in [0.05, 0.1) is 0 Å². The van der Waals surface area contributed by atoms with E-state index >= 15 is 0 Å². The average molecular weight is 165 g/mol. The Kier molecular flexibility index (Phi) is 3.92. The van der Waals surface area contributed by atoms with Gasteiger partial charge in [0, 0.05) is 11.6 Å². The second kappa shape index (κ2) is 5.02. The predicted molar refractivity (Wildman–Crippen MR) is 53.7 cm³/mol. The molecule has 2 N–H and O–H groups in total. The molecule has 0 amide bonds. The summed E-state index contributed by atoms with van der Waals surface area (Å²) in [5.74, 6) is 0.615. The molecule has 0 aromatic rings. The molecule has 0 radical (unpaired) electrons. The van der Waals surface area contributed by atoms with Crippen LogP contribution in [0.15, 0.2) is 23.9 Å². The Morgan fingerprint density at radius 2 is 2.33 bits per heavy atom. The second-order valence-electron chi connectivity index (χ2n) is 3.49. The first-order chi connectivity index (χ1) is 5.84. The molecule has 68 valence electrons. The first-order valence-corrected chi connectivity index (χ1v) is 4.95. The van der Waals surface area contributed by atoms with Gasteiger partial charge in [0.1, 0.15) is 0 Å². The molecule has 0 saturated carbocycles. The lowest BCUT2D eigenvalue weighted by Gasteiger charge is -2.13. The van der Waals surface area contributed by atoms with Crippen LogP contribution in [0.1, 0.15) is 39.0 Å². The molecule has 0 aliphatic heterocycles. The minimum Gasteiger partial charge on any atom is -0.402 e. The van der Waals surface area contributed by atoms with Crippen molar-refractivity contribution < 1.29 is 0 Å². The van der Waals surface area contributed by atoms with Crippen LogP contribution in [-0.2, 0) is 0 Å². The Labute approximate surface area is 75.3 Å². The molecule has 0 spiro atoms. The van der Waals surface area contributed by atoms with E-state index in [1.54, 1.807) is 0 Å². The molecule has 0 fully saturated rings. The quantitative estimate of drug-likeness (QED) is 0.639. The van der Waals surface area contributed by atoms with Crippen LogP contribution in [0.2, 0.25) is 0 Å². The minimum absolute atomic E-state index is 0.615. The number of nitrogens with two attached hydrogens (primary N) is 1. The van der Waals surface area contributed by atoms with Crippen molar-refractivity contribution in [1.82, 2.24) is 0 Å². The SMILES string of the molecule is CCCCC1CC=CCC=C1N. The number of rotatable bonds is 3. The van der Waals surface area contributed by atoms with Gasteiger partial charge in [-0.3, -0.25) is 0 Å². The largest absolute Gasteiger partial charge is 0.402 e. The number of allylic oxidation sites excluding steroid dienone is 4. The molecule has 1 atom stereocenters. The van der Waals surface area contributed by atoms with Crippen LogP contribution < -0.4 is 5.73 Å². The third-order valence-electron chi connectivity index (χ3n) is 2.45. The fraction of sp³-hybridized carbons (Fsp3) is 0.636. The van der Waals surface area contributed by atoms with Crippen LogP contribution in [0.25, 0.3) is 0 Å². The Morgan fingerprint density at radius 3 is 3.08 bits per heavy atom. The van der Waals surface area contributed by atoms with Crippen LogP contribution in [0.3, 0.4) is 0 Å². The van der Waals surface area contributed by atoms with Crippen LogP contribution in [-0.4, -0.2) is 0 Å². The van der Waals surface area contributed by atoms with Gasteiger partial charge in [-0.1, -0.05) is 38.0 Å². The van der Waals surface area contributed by atoms with Crippen molar-refractivity contribution in [3.8, 4) is 0 Å². The second-order valence-corrected chi connectivity index (χ2v) is 3.49. The third-order valence-corrected chi connectivity index (χ3v) is 2.45. The van der Waals surface area contributed by atoms with Crippen molar-refractivity contribution >= 4 is 0 Å². The Morgan fingerprint density at radius 1 is 1.50 bits per heavy atom. The molecule has 1 aliphatic carbocycles. The highest BCUT2D eigenvalue weighted by Crippen LogP contribution is 2.21. The van der Waals surface area contributed by atoms with Crippen LogP contribution >= 0.6 is 0 Å². The van der Waals surface area contributed by atoms with Gasteiger partial charge in [-0.25, -0.2) is 0 Å². The first kappa shape index (κ1) is 9.37. The Hall–Kier alpha value is -0.720. The smallest absolute Gasteiger partial charge is 0.00777 e. The molecular formula is C11H19N. The molecule has 0 saturated heterocycles. The van der Waals surface area contributed by atoms with Gasteiger partial charge in [-0.05, 0) is 19.3 Å². The highest BCUT2D eigenvalue weighted by molar-refractivity contribution is 5.10. The Balaban J connectivity index is 2.43. The summed E-state index contributed by atoms with van der Waals surface area (Å²) >= 11 is 0. The van der Waals surface area contributed by atoms with E-state index in [1.807, 2.05) is 0 Å². The lowest BCUT2D eigenvalue weighted by Crippen LogP contribution is -2.10. The molecule has 0 bridgehead atoms. The van der Waals surface area contributed by atoms with E-state index in [0.717, 1.165) is 18.5 Å². The zero-order valence-electron chi connectivity index (χ0n) is 7.92. The van der Waals surface area contributed by atoms with Gasteiger partial charge < -0.3 is 5.73 Å². The lowest BCUT2D eigenvalue weighted by atomic mass is 9.96. The fourth-order valence-electron chi connectivity index (χ4n) is 1.60. The number of unbranched alkanes of at least 4 members (excludes halogenated alkanes) is 1. The van der Waals surface area contributed by atoms with E-state index in [4.69, 9.17) is 5.73 Å². The minimum atomic E-state index is 0.615. The van der Waals surface area contributed by atoms with Crippen molar-refractivity contribution in [3.05, 3.63) is 23.9 Å². The third kappa shape index (κ3) is 2.72. The molecule has 1 aliphatic rings. The molecule has 0 heterocycles. The Bertz CT molecular complexity index is 179. The van der Waals surface area contributed by atoms with E-state index < -0.39 is 0 Å². The summed E-state index contributed by atoms with van der Waals surface area (Å²) in [7, 11) is 0. The van der Waals surface area contributed by atoms with Gasteiger partial charge in [0.25, 0.3) is 0 Å². The van der Waals surface area contributed by atoms with Crippen molar-refractivity contribution in [3.63, 3.8) is 0 Å². The van der Waals surface area contributed by atoms with Gasteiger partial charge in [-0.2, -0.15) is 0 Å². The monoisotopic (exact) mass is 165 g/mol. The molecule has 0 aromatic heterocycles. The molecule has 1 unspecified atom stereocenters. The van der Waals surface area contributed by atoms with Crippen molar-refractivity contribution in [1.29, 1.82) is 0 Å². The molecule has 1 heteroatoms. The summed E-state index contributed by atoms with van der Waals surface area (Å²) in [6, 6.07) is 0. The highest BCUT2D eigenvalue weighted by atomic mass is 14.6. The zero-order chi connectivity index (χ0) is 8.81. The summed E-state index contributed by atoms with van der Waals surface area (Å²) < 4.78 is 0. The molecular weight excluding hydrogens is 146 g/mol. The first-order valence-electron chi connectivity index (χ1n) is 4.95. The maximum atomic E-state index is 5.94. The van der Waals surface area contributed by atoms with Gasteiger partial charge >= 0.3 is 0 Å². The van der Waals surface area contributed by atoms with Crippen molar-refractivity contribution in [2.75, 3.05) is 0 Å². The maximum absolute atomic E-state index is 5.94. The molecule has 0 aromatic carbocycles. The van der Waals surface area contributed by atoms with Crippen LogP contribution in [0, 0.1) is 5.92 Å². The fourth-order valence-corrected chi connectivity index (χ4v) is 1.60. The van der Waals surface area contributed by atoms with Crippen LogP contribution in [0.5, 0.6) is 0 Å². The van der Waals surface area contributed by atoms with Crippen LogP contribution in [0.4, 0.5) is 0 Å². The standard InChI is InChI=1S/C11H19N/c1-2-3-7-10-8-5-4-6-9-11(10)12/h4-5,9-10H,2-3,6-8,12H2,1H3. The van der Waals surface area contributed by atoms with E-state index in [1.165, 1.54) is 19.3 Å². The topological polar surface area (TPSA) is 26.0 Å². The average Bonchev–Trinajstić information content (AvgIpc) is 2.27. The summed E-state index contributed by atoms with van der Waals surface area (Å²) in [5, 5.41) is 0. The molecule has 1 nitrogen and oxygen atoms in total. The van der Waals surface area contributed by atoms with Gasteiger partial charge in [0.2, 0.25) is 0 Å². The molecule has 12 heavy (non-hydrogen) atoms. The number of hydrogen-bond donors (Lipinski definition) is 1. The zero-order valence-corrected chi connectivity index (χ0v) is 7.92. The van der Waals surface area contributed by atoms with Crippen molar-refractivity contribution in [2.45, 2.75) is 39.0 Å². The summed E-state index contributed by atoms with van der Waals surface area (Å²) in [4.78, 5) is 0. The van der Waals surface area contributed by atoms with Crippen molar-refractivity contribution in [2.24, 2.45) is 11.7 Å². The number of hydrogen-bond acceptors (Lipinski definition) is 1. The highest BCUT2D eigenvalue weighted by Gasteiger charge is 2.10. The van der Waals surface area contributed by atoms with E-state index in [9.17, 15) is 0 Å². The lowest BCUT2D eigenvalue weighted by molar-refractivity contribution is 0.531. The van der Waals surface area contributed by atoms with E-state index in [-0.39, 0.29) is 0 Å². The summed E-state index contributed by atoms with van der Waals surface area (Å²) in [6.07, 6.45) is 12.6. The molecule has 1 rings (SSSR count). The predicted octanol–water partition coefficient (Wildman–Crippen LogP) is 2.99. The van der Waals surface area contributed by atoms with Gasteiger partial charge in [-0.15, -0.1) is 0 Å². The summed E-state index contributed by atoms with van der Waals surface area (Å²) in [5.41, 5.74) is 7.05.